The molecule has 1 aromatic heterocycles. The highest BCUT2D eigenvalue weighted by molar-refractivity contribution is 5.94. The number of benzene rings is 1. The van der Waals surface area contributed by atoms with Gasteiger partial charge in [0.05, 0.1) is 5.60 Å². The Morgan fingerprint density at radius 3 is 2.80 bits per heavy atom. The number of hydrogen-bond donors (Lipinski definition) is 2. The Kier molecular flexibility index (Phi) is 2.50. The maximum atomic E-state index is 10.2. The standard InChI is InChI=1S/C15H16N2O3/c18-15(3-1-4-15)8-17-14-11-7-13-12(19-9-20-13)6-10(11)2-5-16-14/h2,5-7,18H,1,3-4,8-9H2,(H,16,17). The highest BCUT2D eigenvalue weighted by Gasteiger charge is 2.34. The van der Waals surface area contributed by atoms with E-state index in [0.717, 1.165) is 47.4 Å². The summed E-state index contributed by atoms with van der Waals surface area (Å²) >= 11 is 0. The van der Waals surface area contributed by atoms with Crippen molar-refractivity contribution >= 4 is 16.6 Å². The van der Waals surface area contributed by atoms with Crippen molar-refractivity contribution in [3.8, 4) is 11.5 Å². The van der Waals surface area contributed by atoms with Crippen molar-refractivity contribution in [1.82, 2.24) is 4.98 Å². The van der Waals surface area contributed by atoms with Crippen molar-refractivity contribution in [3.63, 3.8) is 0 Å². The second-order valence-electron chi connectivity index (χ2n) is 5.52. The Labute approximate surface area is 116 Å². The van der Waals surface area contributed by atoms with Crippen molar-refractivity contribution in [2.75, 3.05) is 18.7 Å². The Balaban J connectivity index is 1.68. The van der Waals surface area contributed by atoms with Crippen molar-refractivity contribution in [1.29, 1.82) is 0 Å². The molecule has 1 fully saturated rings. The minimum atomic E-state index is -0.569. The van der Waals surface area contributed by atoms with Crippen molar-refractivity contribution < 1.29 is 14.6 Å². The molecule has 0 unspecified atom stereocenters. The molecule has 1 aliphatic heterocycles. The first-order valence-corrected chi connectivity index (χ1v) is 6.88. The van der Waals surface area contributed by atoms with Crippen LogP contribution in [0.2, 0.25) is 0 Å². The van der Waals surface area contributed by atoms with E-state index in [2.05, 4.69) is 10.3 Å². The summed E-state index contributed by atoms with van der Waals surface area (Å²) < 4.78 is 10.8. The summed E-state index contributed by atoms with van der Waals surface area (Å²) in [5, 5.41) is 15.5. The number of anilines is 1. The smallest absolute Gasteiger partial charge is 0.231 e. The first-order valence-electron chi connectivity index (χ1n) is 6.88. The third kappa shape index (κ3) is 1.86. The number of aromatic nitrogens is 1. The highest BCUT2D eigenvalue weighted by Crippen LogP contribution is 2.38. The Morgan fingerprint density at radius 1 is 1.25 bits per heavy atom. The summed E-state index contributed by atoms with van der Waals surface area (Å²) in [6, 6.07) is 5.85. The molecule has 0 radical (unpaired) electrons. The lowest BCUT2D eigenvalue weighted by Crippen LogP contribution is -2.43. The molecule has 0 spiro atoms. The van der Waals surface area contributed by atoms with E-state index in [1.807, 2.05) is 18.2 Å². The zero-order chi connectivity index (χ0) is 13.6. The van der Waals surface area contributed by atoms with E-state index in [-0.39, 0.29) is 6.79 Å². The van der Waals surface area contributed by atoms with Crippen LogP contribution in [0.15, 0.2) is 24.4 Å². The van der Waals surface area contributed by atoms with Crippen LogP contribution in [0.5, 0.6) is 11.5 Å². The normalized spacial score (nSPS) is 18.9. The van der Waals surface area contributed by atoms with Gasteiger partial charge in [0.1, 0.15) is 5.82 Å². The minimum Gasteiger partial charge on any atom is -0.454 e. The first kappa shape index (κ1) is 11.8. The molecule has 2 aromatic rings. The lowest BCUT2D eigenvalue weighted by atomic mass is 9.80. The molecule has 0 amide bonds. The lowest BCUT2D eigenvalue weighted by molar-refractivity contribution is -0.0202. The maximum Gasteiger partial charge on any atom is 0.231 e. The van der Waals surface area contributed by atoms with Gasteiger partial charge in [0.15, 0.2) is 11.5 Å². The van der Waals surface area contributed by atoms with Gasteiger partial charge in [-0.25, -0.2) is 4.98 Å². The number of nitrogens with zero attached hydrogens (tertiary/aromatic N) is 1. The van der Waals surface area contributed by atoms with Crippen LogP contribution >= 0.6 is 0 Å². The van der Waals surface area contributed by atoms with Gasteiger partial charge in [-0.1, -0.05) is 0 Å². The van der Waals surface area contributed by atoms with E-state index in [1.165, 1.54) is 0 Å². The van der Waals surface area contributed by atoms with Crippen molar-refractivity contribution in [2.45, 2.75) is 24.9 Å². The molecule has 1 aromatic carbocycles. The molecule has 0 atom stereocenters. The molecule has 20 heavy (non-hydrogen) atoms. The molecule has 5 nitrogen and oxygen atoms in total. The fourth-order valence-electron chi connectivity index (χ4n) is 2.71. The van der Waals surface area contributed by atoms with Gasteiger partial charge in [-0.05, 0) is 42.8 Å². The largest absolute Gasteiger partial charge is 0.454 e. The Bertz CT molecular complexity index is 667. The highest BCUT2D eigenvalue weighted by atomic mass is 16.7. The van der Waals surface area contributed by atoms with Gasteiger partial charge in [0, 0.05) is 18.1 Å². The van der Waals surface area contributed by atoms with Crippen LogP contribution in [0, 0.1) is 0 Å². The zero-order valence-corrected chi connectivity index (χ0v) is 11.1. The lowest BCUT2D eigenvalue weighted by Gasteiger charge is -2.36. The maximum absolute atomic E-state index is 10.2. The molecule has 1 aliphatic carbocycles. The number of aliphatic hydroxyl groups is 1. The van der Waals surface area contributed by atoms with Gasteiger partial charge in [-0.15, -0.1) is 0 Å². The van der Waals surface area contributed by atoms with Crippen LogP contribution < -0.4 is 14.8 Å². The van der Waals surface area contributed by atoms with Gasteiger partial charge in [0.25, 0.3) is 0 Å². The van der Waals surface area contributed by atoms with Crippen LogP contribution in [-0.2, 0) is 0 Å². The van der Waals surface area contributed by atoms with E-state index >= 15 is 0 Å². The van der Waals surface area contributed by atoms with Crippen LogP contribution in [0.3, 0.4) is 0 Å². The average Bonchev–Trinajstić information content (AvgIpc) is 2.87. The predicted molar refractivity (Wildman–Crippen MR) is 75.2 cm³/mol. The molecular formula is C15H16N2O3. The summed E-state index contributed by atoms with van der Waals surface area (Å²) in [4.78, 5) is 4.38. The van der Waals surface area contributed by atoms with Gasteiger partial charge in [-0.3, -0.25) is 0 Å². The van der Waals surface area contributed by atoms with Crippen LogP contribution in [0.1, 0.15) is 19.3 Å². The van der Waals surface area contributed by atoms with Crippen LogP contribution in [-0.4, -0.2) is 29.0 Å². The van der Waals surface area contributed by atoms with Crippen LogP contribution in [0.4, 0.5) is 5.82 Å². The Morgan fingerprint density at radius 2 is 2.05 bits per heavy atom. The SMILES string of the molecule is OC1(CNc2nccc3cc4c(cc23)OCO4)CCC1. The molecule has 0 bridgehead atoms. The molecule has 2 aliphatic rings. The molecule has 2 N–H and O–H groups in total. The number of nitrogens with one attached hydrogen (secondary N) is 1. The quantitative estimate of drug-likeness (QED) is 0.897. The third-order valence-electron chi connectivity index (χ3n) is 4.13. The molecule has 2 heterocycles. The van der Waals surface area contributed by atoms with E-state index in [9.17, 15) is 5.11 Å². The monoisotopic (exact) mass is 272 g/mol. The summed E-state index contributed by atoms with van der Waals surface area (Å²) in [7, 11) is 0. The van der Waals surface area contributed by atoms with Crippen molar-refractivity contribution in [3.05, 3.63) is 24.4 Å². The number of rotatable bonds is 3. The van der Waals surface area contributed by atoms with Gasteiger partial charge >= 0.3 is 0 Å². The van der Waals surface area contributed by atoms with E-state index in [0.29, 0.717) is 6.54 Å². The summed E-state index contributed by atoms with van der Waals surface area (Å²) in [5.41, 5.74) is -0.569. The summed E-state index contributed by atoms with van der Waals surface area (Å²) in [6.45, 7) is 0.801. The molecule has 4 rings (SSSR count). The number of fused-ring (bicyclic) bond motifs is 2. The van der Waals surface area contributed by atoms with Gasteiger partial charge in [-0.2, -0.15) is 0 Å². The fraction of sp³-hybridized carbons (Fsp3) is 0.400. The number of pyridine rings is 1. The van der Waals surface area contributed by atoms with E-state index in [1.54, 1.807) is 6.20 Å². The predicted octanol–water partition coefficient (Wildman–Crippen LogP) is 2.29. The molecule has 0 saturated heterocycles. The van der Waals surface area contributed by atoms with Gasteiger partial charge in [0.2, 0.25) is 6.79 Å². The van der Waals surface area contributed by atoms with Crippen molar-refractivity contribution in [2.24, 2.45) is 0 Å². The molecular weight excluding hydrogens is 256 g/mol. The second kappa shape index (κ2) is 4.24. The first-order chi connectivity index (χ1) is 9.73. The fourth-order valence-corrected chi connectivity index (χ4v) is 2.71. The summed E-state index contributed by atoms with van der Waals surface area (Å²) in [6.07, 6.45) is 4.58. The van der Waals surface area contributed by atoms with Gasteiger partial charge < -0.3 is 19.9 Å². The Hall–Kier alpha value is -2.01. The molecule has 104 valence electrons. The number of hydrogen-bond acceptors (Lipinski definition) is 5. The average molecular weight is 272 g/mol. The molecule has 5 heteroatoms. The third-order valence-corrected chi connectivity index (χ3v) is 4.13. The van der Waals surface area contributed by atoms with E-state index < -0.39 is 5.60 Å². The van der Waals surface area contributed by atoms with Crippen LogP contribution in [0.25, 0.3) is 10.8 Å². The topological polar surface area (TPSA) is 63.6 Å². The second-order valence-corrected chi connectivity index (χ2v) is 5.52. The minimum absolute atomic E-state index is 0.265. The van der Waals surface area contributed by atoms with E-state index in [4.69, 9.17) is 9.47 Å². The number of ether oxygens (including phenoxy) is 2. The molecule has 1 saturated carbocycles. The summed E-state index contributed by atoms with van der Waals surface area (Å²) in [5.74, 6) is 2.30. The zero-order valence-electron chi connectivity index (χ0n) is 11.1.